The molecule has 1 aromatic heterocycles. The van der Waals surface area contributed by atoms with Gasteiger partial charge in [0.15, 0.2) is 0 Å². The zero-order valence-corrected chi connectivity index (χ0v) is 17.5. The molecule has 6 nitrogen and oxygen atoms in total. The largest absolute Gasteiger partial charge is 0.449 e. The molecule has 1 heterocycles. The van der Waals surface area contributed by atoms with Crippen molar-refractivity contribution in [2.75, 3.05) is 11.9 Å². The minimum absolute atomic E-state index is 0.0326. The van der Waals surface area contributed by atoms with Gasteiger partial charge >= 0.3 is 12.7 Å². The van der Waals surface area contributed by atoms with Crippen LogP contribution in [0.1, 0.15) is 26.3 Å². The number of amides is 1. The monoisotopic (exact) mass is 427 g/mol. The first kappa shape index (κ1) is 22.1. The lowest BCUT2D eigenvalue weighted by molar-refractivity contribution is -0.0497. The number of nitrogens with zero attached hydrogens (tertiary/aromatic N) is 2. The van der Waals surface area contributed by atoms with Crippen molar-refractivity contribution < 1.29 is 23.0 Å². The molecule has 162 valence electrons. The van der Waals surface area contributed by atoms with Crippen molar-refractivity contribution in [1.29, 1.82) is 5.26 Å². The quantitative estimate of drug-likeness (QED) is 0.501. The number of fused-ring (bicyclic) bond motifs is 1. The smallest absolute Gasteiger partial charge is 0.411 e. The Bertz CT molecular complexity index is 1120. The SMILES string of the molecule is CCn1c(-c2ccc(NC(=O)OCC(C)C)cc2)c(C#N)c2ccc(OC(F)F)cc21. The van der Waals surface area contributed by atoms with Crippen LogP contribution in [0.2, 0.25) is 0 Å². The van der Waals surface area contributed by atoms with Crippen LogP contribution in [0.25, 0.3) is 22.2 Å². The maximum absolute atomic E-state index is 12.6. The number of carbonyl (C=O) groups excluding carboxylic acids is 1. The molecular formula is C23H23F2N3O3. The number of hydrogen-bond acceptors (Lipinski definition) is 4. The fraction of sp³-hybridized carbons (Fsp3) is 0.304. The van der Waals surface area contributed by atoms with Gasteiger partial charge in [-0.3, -0.25) is 5.32 Å². The molecule has 3 rings (SSSR count). The van der Waals surface area contributed by atoms with Gasteiger partial charge in [0.1, 0.15) is 11.8 Å². The third-order valence-electron chi connectivity index (χ3n) is 4.64. The molecule has 0 unspecified atom stereocenters. The average molecular weight is 427 g/mol. The second-order valence-electron chi connectivity index (χ2n) is 7.33. The summed E-state index contributed by atoms with van der Waals surface area (Å²) in [5.41, 5.74) is 3.06. The summed E-state index contributed by atoms with van der Waals surface area (Å²) in [5, 5.41) is 13.1. The van der Waals surface area contributed by atoms with Crippen LogP contribution in [-0.2, 0) is 11.3 Å². The maximum atomic E-state index is 12.6. The van der Waals surface area contributed by atoms with Crippen molar-refractivity contribution in [1.82, 2.24) is 4.57 Å². The average Bonchev–Trinajstić information content (AvgIpc) is 3.05. The lowest BCUT2D eigenvalue weighted by Gasteiger charge is -2.11. The molecule has 0 saturated carbocycles. The molecule has 0 atom stereocenters. The van der Waals surface area contributed by atoms with E-state index in [4.69, 9.17) is 4.74 Å². The molecule has 0 saturated heterocycles. The summed E-state index contributed by atoms with van der Waals surface area (Å²) < 4.78 is 36.7. The van der Waals surface area contributed by atoms with Crippen molar-refractivity contribution in [2.24, 2.45) is 5.92 Å². The molecule has 0 aliphatic heterocycles. The van der Waals surface area contributed by atoms with E-state index >= 15 is 0 Å². The molecule has 2 aromatic carbocycles. The normalized spacial score (nSPS) is 11.0. The molecule has 0 fully saturated rings. The van der Waals surface area contributed by atoms with Crippen LogP contribution in [0.5, 0.6) is 5.75 Å². The summed E-state index contributed by atoms with van der Waals surface area (Å²) in [4.78, 5) is 11.9. The zero-order valence-electron chi connectivity index (χ0n) is 17.5. The minimum Gasteiger partial charge on any atom is -0.449 e. The number of ether oxygens (including phenoxy) is 2. The number of aromatic nitrogens is 1. The van der Waals surface area contributed by atoms with E-state index in [1.807, 2.05) is 25.3 Å². The number of halogens is 2. The van der Waals surface area contributed by atoms with Gasteiger partial charge < -0.3 is 14.0 Å². The summed E-state index contributed by atoms with van der Waals surface area (Å²) in [6.07, 6.45) is -0.534. The van der Waals surface area contributed by atoms with Crippen molar-refractivity contribution >= 4 is 22.7 Å². The van der Waals surface area contributed by atoms with Gasteiger partial charge in [0.25, 0.3) is 0 Å². The van der Waals surface area contributed by atoms with E-state index < -0.39 is 12.7 Å². The van der Waals surface area contributed by atoms with Crippen LogP contribution in [0.15, 0.2) is 42.5 Å². The topological polar surface area (TPSA) is 76.3 Å². The fourth-order valence-electron chi connectivity index (χ4n) is 3.35. The van der Waals surface area contributed by atoms with Gasteiger partial charge in [-0.1, -0.05) is 26.0 Å². The van der Waals surface area contributed by atoms with Gasteiger partial charge in [-0.2, -0.15) is 14.0 Å². The van der Waals surface area contributed by atoms with Gasteiger partial charge in [0.05, 0.1) is 23.4 Å². The number of nitriles is 1. The zero-order chi connectivity index (χ0) is 22.5. The first-order valence-corrected chi connectivity index (χ1v) is 9.89. The Morgan fingerprint density at radius 1 is 1.19 bits per heavy atom. The molecule has 1 amide bonds. The summed E-state index contributed by atoms with van der Waals surface area (Å²) in [7, 11) is 0. The third-order valence-corrected chi connectivity index (χ3v) is 4.64. The Kier molecular flexibility index (Phi) is 6.75. The Hall–Kier alpha value is -3.60. The Morgan fingerprint density at radius 2 is 1.90 bits per heavy atom. The lowest BCUT2D eigenvalue weighted by atomic mass is 10.1. The van der Waals surface area contributed by atoms with E-state index in [2.05, 4.69) is 16.1 Å². The van der Waals surface area contributed by atoms with Crippen molar-refractivity contribution in [3.8, 4) is 23.1 Å². The highest BCUT2D eigenvalue weighted by Crippen LogP contribution is 2.36. The fourth-order valence-corrected chi connectivity index (χ4v) is 3.35. The van der Waals surface area contributed by atoms with E-state index in [1.165, 1.54) is 12.1 Å². The Balaban J connectivity index is 1.96. The number of alkyl halides is 2. The molecule has 3 aromatic rings. The first-order valence-electron chi connectivity index (χ1n) is 9.89. The lowest BCUT2D eigenvalue weighted by Crippen LogP contribution is -2.16. The van der Waals surface area contributed by atoms with E-state index in [0.29, 0.717) is 41.0 Å². The molecule has 8 heteroatoms. The number of benzene rings is 2. The molecule has 0 radical (unpaired) electrons. The molecular weight excluding hydrogens is 404 g/mol. The van der Waals surface area contributed by atoms with Crippen LogP contribution in [0, 0.1) is 17.2 Å². The Morgan fingerprint density at radius 3 is 2.48 bits per heavy atom. The van der Waals surface area contributed by atoms with Crippen molar-refractivity contribution in [3.05, 3.63) is 48.0 Å². The predicted molar refractivity (Wildman–Crippen MR) is 114 cm³/mol. The second kappa shape index (κ2) is 9.47. The van der Waals surface area contributed by atoms with Gasteiger partial charge in [0, 0.05) is 23.7 Å². The summed E-state index contributed by atoms with van der Waals surface area (Å²) in [6.45, 7) is 3.72. The highest BCUT2D eigenvalue weighted by atomic mass is 19.3. The molecule has 0 bridgehead atoms. The minimum atomic E-state index is -2.93. The standard InChI is InChI=1S/C23H23F2N3O3/c1-4-28-20-11-17(31-22(24)25)9-10-18(20)19(12-26)21(28)15-5-7-16(8-6-15)27-23(29)30-13-14(2)3/h5-11,14,22H,4,13H2,1-3H3,(H,27,29). The summed E-state index contributed by atoms with van der Waals surface area (Å²) >= 11 is 0. The first-order chi connectivity index (χ1) is 14.8. The van der Waals surface area contributed by atoms with Gasteiger partial charge in [0.2, 0.25) is 0 Å². The summed E-state index contributed by atoms with van der Waals surface area (Å²) in [6, 6.07) is 13.8. The van der Waals surface area contributed by atoms with Crippen LogP contribution < -0.4 is 10.1 Å². The van der Waals surface area contributed by atoms with Gasteiger partial charge in [-0.25, -0.2) is 4.79 Å². The number of rotatable bonds is 7. The molecule has 0 spiro atoms. The van der Waals surface area contributed by atoms with E-state index in [9.17, 15) is 18.8 Å². The van der Waals surface area contributed by atoms with Crippen LogP contribution in [0.3, 0.4) is 0 Å². The number of nitrogens with one attached hydrogen (secondary N) is 1. The third kappa shape index (κ3) is 4.94. The number of hydrogen-bond donors (Lipinski definition) is 1. The highest BCUT2D eigenvalue weighted by Gasteiger charge is 2.19. The number of anilines is 1. The van der Waals surface area contributed by atoms with Crippen LogP contribution in [-0.4, -0.2) is 23.9 Å². The van der Waals surface area contributed by atoms with Gasteiger partial charge in [-0.15, -0.1) is 0 Å². The summed E-state index contributed by atoms with van der Waals surface area (Å²) in [5.74, 6) is 0.269. The second-order valence-corrected chi connectivity index (χ2v) is 7.33. The molecule has 31 heavy (non-hydrogen) atoms. The highest BCUT2D eigenvalue weighted by molar-refractivity contribution is 5.95. The number of aryl methyl sites for hydroxylation is 1. The van der Waals surface area contributed by atoms with Crippen molar-refractivity contribution in [3.63, 3.8) is 0 Å². The van der Waals surface area contributed by atoms with Crippen molar-refractivity contribution in [2.45, 2.75) is 33.9 Å². The van der Waals surface area contributed by atoms with Gasteiger partial charge in [-0.05, 0) is 42.7 Å². The molecule has 0 aliphatic rings. The Labute approximate surface area is 179 Å². The van der Waals surface area contributed by atoms with E-state index in [0.717, 1.165) is 5.56 Å². The maximum Gasteiger partial charge on any atom is 0.411 e. The van der Waals surface area contributed by atoms with Crippen LogP contribution in [0.4, 0.5) is 19.3 Å². The van der Waals surface area contributed by atoms with E-state index in [1.54, 1.807) is 30.3 Å². The predicted octanol–water partition coefficient (Wildman–Crippen LogP) is 6.01. The molecule has 0 aliphatic carbocycles. The van der Waals surface area contributed by atoms with Crippen LogP contribution >= 0.6 is 0 Å². The molecule has 1 N–H and O–H groups in total. The number of carbonyl (C=O) groups is 1. The van der Waals surface area contributed by atoms with E-state index in [-0.39, 0.29) is 11.7 Å².